The molecule has 0 radical (unpaired) electrons. The van der Waals surface area contributed by atoms with E-state index >= 15 is 0 Å². The van der Waals surface area contributed by atoms with Crippen LogP contribution in [0.1, 0.15) is 22.7 Å². The molecule has 0 aliphatic carbocycles. The van der Waals surface area contributed by atoms with Crippen LogP contribution < -0.4 is 11.1 Å². The molecule has 1 fully saturated rings. The van der Waals surface area contributed by atoms with E-state index in [1.807, 2.05) is 60.7 Å². The summed E-state index contributed by atoms with van der Waals surface area (Å²) in [5.74, 6) is -0.621. The molecule has 2 atom stereocenters. The second-order valence-corrected chi connectivity index (χ2v) is 7.39. The zero-order valence-corrected chi connectivity index (χ0v) is 16.7. The van der Waals surface area contributed by atoms with E-state index in [4.69, 9.17) is 5.73 Å². The lowest BCUT2D eigenvalue weighted by molar-refractivity contribution is -0.146. The van der Waals surface area contributed by atoms with Gasteiger partial charge in [-0.05, 0) is 35.2 Å². The number of nitrogen functional groups attached to an aromatic ring is 1. The van der Waals surface area contributed by atoms with Crippen LogP contribution in [-0.2, 0) is 11.2 Å². The maximum atomic E-state index is 13.0. The Kier molecular flexibility index (Phi) is 5.63. The van der Waals surface area contributed by atoms with E-state index in [2.05, 4.69) is 16.4 Å². The maximum Gasteiger partial charge on any atom is 0.326 e. The molecule has 3 aromatic rings. The lowest BCUT2D eigenvalue weighted by Crippen LogP contribution is -2.65. The van der Waals surface area contributed by atoms with Crippen LogP contribution in [0.2, 0.25) is 0 Å². The molecule has 7 nitrogen and oxygen atoms in total. The number of benzene rings is 2. The number of rotatable bonds is 5. The SMILES string of the molecule is N#C[C@@H]1C(Cc2ccnc(N)c2)C(=O)N1C(=O)NC(c1ccccc1)c1ccccc1. The molecule has 3 amide bonds. The molecule has 0 spiro atoms. The number of nitrogens with zero attached hydrogens (tertiary/aromatic N) is 3. The quantitative estimate of drug-likeness (QED) is 0.627. The molecule has 4 rings (SSSR count). The average molecular weight is 411 g/mol. The summed E-state index contributed by atoms with van der Waals surface area (Å²) in [7, 11) is 0. The van der Waals surface area contributed by atoms with Crippen molar-refractivity contribution in [2.24, 2.45) is 5.92 Å². The molecule has 154 valence electrons. The average Bonchev–Trinajstić information content (AvgIpc) is 2.80. The zero-order valence-electron chi connectivity index (χ0n) is 16.7. The Bertz CT molecular complexity index is 1090. The molecule has 1 aliphatic rings. The smallest absolute Gasteiger partial charge is 0.326 e. The summed E-state index contributed by atoms with van der Waals surface area (Å²) in [6.07, 6.45) is 1.89. The molecule has 0 saturated carbocycles. The normalized spacial score (nSPS) is 17.7. The highest BCUT2D eigenvalue weighted by Crippen LogP contribution is 2.31. The van der Waals surface area contributed by atoms with Gasteiger partial charge in [-0.1, -0.05) is 60.7 Å². The summed E-state index contributed by atoms with van der Waals surface area (Å²) in [6.45, 7) is 0. The van der Waals surface area contributed by atoms with Crippen LogP contribution >= 0.6 is 0 Å². The number of aromatic nitrogens is 1. The Morgan fingerprint density at radius 2 is 1.71 bits per heavy atom. The van der Waals surface area contributed by atoms with E-state index < -0.39 is 24.0 Å². The fourth-order valence-corrected chi connectivity index (χ4v) is 3.84. The van der Waals surface area contributed by atoms with E-state index in [0.717, 1.165) is 21.6 Å². The van der Waals surface area contributed by atoms with Crippen LogP contribution in [0.5, 0.6) is 0 Å². The molecule has 1 saturated heterocycles. The number of β-lactam (4-membered cyclic amide) rings is 1. The molecule has 3 N–H and O–H groups in total. The monoisotopic (exact) mass is 411 g/mol. The Labute approximate surface area is 180 Å². The van der Waals surface area contributed by atoms with Crippen LogP contribution in [0.4, 0.5) is 10.6 Å². The zero-order chi connectivity index (χ0) is 21.8. The fourth-order valence-electron chi connectivity index (χ4n) is 3.84. The van der Waals surface area contributed by atoms with Crippen molar-refractivity contribution in [2.45, 2.75) is 18.5 Å². The largest absolute Gasteiger partial charge is 0.384 e. The number of carbonyl (C=O) groups excluding carboxylic acids is 2. The summed E-state index contributed by atoms with van der Waals surface area (Å²) >= 11 is 0. The van der Waals surface area contributed by atoms with Crippen LogP contribution in [0.15, 0.2) is 79.0 Å². The van der Waals surface area contributed by atoms with Gasteiger partial charge in [0.15, 0.2) is 0 Å². The first-order valence-electron chi connectivity index (χ1n) is 9.92. The van der Waals surface area contributed by atoms with Crippen LogP contribution in [0, 0.1) is 17.2 Å². The number of amides is 3. The summed E-state index contributed by atoms with van der Waals surface area (Å²) in [5.41, 5.74) is 8.27. The maximum absolute atomic E-state index is 13.0. The van der Waals surface area contributed by atoms with Gasteiger partial charge in [0.05, 0.1) is 18.0 Å². The van der Waals surface area contributed by atoms with Crippen molar-refractivity contribution in [1.29, 1.82) is 5.26 Å². The standard InChI is InChI=1S/C24H21N5O2/c25-15-20-19(13-16-11-12-27-21(26)14-16)23(30)29(20)24(31)28-22(17-7-3-1-4-8-17)18-9-5-2-6-10-18/h1-12,14,19-20,22H,13H2,(H2,26,27)(H,28,31)/t19?,20-/m1/s1. The van der Waals surface area contributed by atoms with Crippen molar-refractivity contribution >= 4 is 17.8 Å². The molecule has 7 heteroatoms. The minimum absolute atomic E-state index is 0.328. The summed E-state index contributed by atoms with van der Waals surface area (Å²) < 4.78 is 0. The van der Waals surface area contributed by atoms with Gasteiger partial charge in [-0.2, -0.15) is 5.26 Å². The van der Waals surface area contributed by atoms with Crippen LogP contribution in [-0.4, -0.2) is 27.9 Å². The number of imide groups is 1. The van der Waals surface area contributed by atoms with Gasteiger partial charge < -0.3 is 11.1 Å². The lowest BCUT2D eigenvalue weighted by Gasteiger charge is -2.42. The molecule has 1 aliphatic heterocycles. The van der Waals surface area contributed by atoms with Crippen molar-refractivity contribution in [3.8, 4) is 6.07 Å². The van der Waals surface area contributed by atoms with Gasteiger partial charge in [0.2, 0.25) is 5.91 Å². The number of hydrogen-bond acceptors (Lipinski definition) is 5. The van der Waals surface area contributed by atoms with Crippen molar-refractivity contribution in [2.75, 3.05) is 5.73 Å². The van der Waals surface area contributed by atoms with Crippen molar-refractivity contribution in [3.63, 3.8) is 0 Å². The third-order valence-electron chi connectivity index (χ3n) is 5.40. The van der Waals surface area contributed by atoms with E-state index in [9.17, 15) is 14.9 Å². The van der Waals surface area contributed by atoms with Gasteiger partial charge in [0.1, 0.15) is 11.9 Å². The summed E-state index contributed by atoms with van der Waals surface area (Å²) in [4.78, 5) is 30.8. The number of nitrogens with two attached hydrogens (primary N) is 1. The molecular weight excluding hydrogens is 390 g/mol. The van der Waals surface area contributed by atoms with Gasteiger partial charge >= 0.3 is 6.03 Å². The molecule has 1 aromatic heterocycles. The second kappa shape index (κ2) is 8.67. The highest BCUT2D eigenvalue weighted by atomic mass is 16.2. The van der Waals surface area contributed by atoms with Crippen molar-refractivity contribution < 1.29 is 9.59 Å². The number of pyridine rings is 1. The van der Waals surface area contributed by atoms with Gasteiger partial charge in [0, 0.05) is 6.20 Å². The third-order valence-corrected chi connectivity index (χ3v) is 5.40. The fraction of sp³-hybridized carbons (Fsp3) is 0.167. The first-order chi connectivity index (χ1) is 15.1. The topological polar surface area (TPSA) is 112 Å². The van der Waals surface area contributed by atoms with Crippen molar-refractivity contribution in [1.82, 2.24) is 15.2 Å². The van der Waals surface area contributed by atoms with Gasteiger partial charge in [-0.3, -0.25) is 4.79 Å². The minimum atomic E-state index is -0.839. The van der Waals surface area contributed by atoms with E-state index in [1.165, 1.54) is 0 Å². The molecule has 31 heavy (non-hydrogen) atoms. The van der Waals surface area contributed by atoms with Gasteiger partial charge in [-0.15, -0.1) is 0 Å². The minimum Gasteiger partial charge on any atom is -0.384 e. The highest BCUT2D eigenvalue weighted by molar-refractivity contribution is 6.02. The number of urea groups is 1. The lowest BCUT2D eigenvalue weighted by atomic mass is 9.83. The number of hydrogen-bond donors (Lipinski definition) is 2. The molecule has 2 aromatic carbocycles. The van der Waals surface area contributed by atoms with E-state index in [-0.39, 0.29) is 5.91 Å². The summed E-state index contributed by atoms with van der Waals surface area (Å²) in [5, 5.41) is 12.6. The highest BCUT2D eigenvalue weighted by Gasteiger charge is 2.51. The second-order valence-electron chi connectivity index (χ2n) is 7.39. The Morgan fingerprint density at radius 3 is 2.26 bits per heavy atom. The first kappa shape index (κ1) is 20.1. The van der Waals surface area contributed by atoms with E-state index in [1.54, 1.807) is 18.3 Å². The molecular formula is C24H21N5O2. The predicted molar refractivity (Wildman–Crippen MR) is 115 cm³/mol. The van der Waals surface area contributed by atoms with Crippen molar-refractivity contribution in [3.05, 3.63) is 95.7 Å². The van der Waals surface area contributed by atoms with Gasteiger partial charge in [-0.25, -0.2) is 14.7 Å². The molecule has 0 bridgehead atoms. The van der Waals surface area contributed by atoms with Gasteiger partial charge in [0.25, 0.3) is 0 Å². The third kappa shape index (κ3) is 4.09. The van der Waals surface area contributed by atoms with Crippen LogP contribution in [0.25, 0.3) is 0 Å². The Hall–Kier alpha value is -4.18. The number of anilines is 1. The Morgan fingerprint density at radius 1 is 1.10 bits per heavy atom. The molecule has 1 unspecified atom stereocenters. The first-order valence-corrected chi connectivity index (χ1v) is 9.92. The number of likely N-dealkylation sites (tertiary alicyclic amines) is 1. The number of carbonyl (C=O) groups is 2. The van der Waals surface area contributed by atoms with Crippen LogP contribution in [0.3, 0.4) is 0 Å². The van der Waals surface area contributed by atoms with E-state index in [0.29, 0.717) is 12.2 Å². The predicted octanol–water partition coefficient (Wildman–Crippen LogP) is 3.06. The molecule has 2 heterocycles. The Balaban J connectivity index is 1.53. The summed E-state index contributed by atoms with van der Waals surface area (Å²) in [6, 6.07) is 22.7. The number of nitriles is 1. The number of nitrogens with one attached hydrogen (secondary N) is 1.